The van der Waals surface area contributed by atoms with Gasteiger partial charge in [0.1, 0.15) is 0 Å². The topological polar surface area (TPSA) is 90.9 Å². The average molecular weight is 281 g/mol. The Hall–Kier alpha value is -2.28. The Kier molecular flexibility index (Phi) is 5.79. The molecule has 0 saturated heterocycles. The molecule has 110 valence electrons. The second kappa shape index (κ2) is 7.34. The number of methoxy groups -OCH3 is 1. The van der Waals surface area contributed by atoms with Crippen molar-refractivity contribution in [3.05, 3.63) is 24.3 Å². The van der Waals surface area contributed by atoms with Crippen molar-refractivity contribution in [2.75, 3.05) is 38.0 Å². The van der Waals surface area contributed by atoms with E-state index in [1.807, 2.05) is 25.1 Å². The number of amides is 2. The van der Waals surface area contributed by atoms with Crippen LogP contribution in [0, 0.1) is 0 Å². The molecule has 2 amide bonds. The summed E-state index contributed by atoms with van der Waals surface area (Å²) in [5, 5.41) is 13.8. The van der Waals surface area contributed by atoms with Crippen molar-refractivity contribution >= 4 is 23.4 Å². The first kappa shape index (κ1) is 15.8. The maximum absolute atomic E-state index is 11.7. The molecule has 1 aromatic carbocycles. The zero-order valence-electron chi connectivity index (χ0n) is 11.7. The van der Waals surface area contributed by atoms with Gasteiger partial charge in [-0.05, 0) is 18.2 Å². The number of ether oxygens (including phenoxy) is 1. The predicted octanol–water partition coefficient (Wildman–Crippen LogP) is 0.974. The van der Waals surface area contributed by atoms with Gasteiger partial charge in [-0.3, -0.25) is 0 Å². The molecular weight excluding hydrogens is 262 g/mol. The molecule has 0 aliphatic heterocycles. The fraction of sp³-hybridized carbons (Fsp3) is 0.385. The number of urea groups is 1. The van der Waals surface area contributed by atoms with E-state index in [2.05, 4.69) is 10.6 Å². The Morgan fingerprint density at radius 3 is 2.65 bits per heavy atom. The molecule has 0 fully saturated rings. The van der Waals surface area contributed by atoms with Crippen molar-refractivity contribution < 1.29 is 19.4 Å². The molecule has 0 bridgehead atoms. The number of anilines is 2. The molecule has 0 aliphatic rings. The van der Waals surface area contributed by atoms with E-state index in [-0.39, 0.29) is 6.61 Å². The lowest BCUT2D eigenvalue weighted by Crippen LogP contribution is -2.45. The van der Waals surface area contributed by atoms with Crippen LogP contribution in [0.1, 0.15) is 0 Å². The van der Waals surface area contributed by atoms with E-state index in [1.54, 1.807) is 18.2 Å². The summed E-state index contributed by atoms with van der Waals surface area (Å²) < 4.78 is 4.74. The number of hydrogen-bond acceptors (Lipinski definition) is 4. The third-order valence-electron chi connectivity index (χ3n) is 2.56. The zero-order valence-corrected chi connectivity index (χ0v) is 11.7. The molecule has 20 heavy (non-hydrogen) atoms. The third kappa shape index (κ3) is 4.77. The first-order valence-corrected chi connectivity index (χ1v) is 6.00. The maximum Gasteiger partial charge on any atom is 0.328 e. The number of hydrogen-bond donors (Lipinski definition) is 3. The maximum atomic E-state index is 11.7. The number of benzene rings is 1. The molecule has 0 radical (unpaired) electrons. The lowest BCUT2D eigenvalue weighted by molar-refractivity contribution is -0.140. The van der Waals surface area contributed by atoms with Crippen LogP contribution >= 0.6 is 0 Å². The van der Waals surface area contributed by atoms with E-state index in [0.717, 1.165) is 5.69 Å². The van der Waals surface area contributed by atoms with Crippen molar-refractivity contribution in [2.45, 2.75) is 6.04 Å². The molecule has 7 nitrogen and oxygen atoms in total. The lowest BCUT2D eigenvalue weighted by atomic mass is 10.2. The number of aliphatic carboxylic acids is 1. The second-order valence-electron chi connectivity index (χ2n) is 4.39. The lowest BCUT2D eigenvalue weighted by Gasteiger charge is -2.16. The van der Waals surface area contributed by atoms with E-state index in [9.17, 15) is 9.59 Å². The van der Waals surface area contributed by atoms with Crippen LogP contribution in [0.2, 0.25) is 0 Å². The van der Waals surface area contributed by atoms with Crippen LogP contribution in [-0.2, 0) is 9.53 Å². The van der Waals surface area contributed by atoms with Crippen molar-refractivity contribution in [2.24, 2.45) is 0 Å². The molecule has 0 saturated carbocycles. The van der Waals surface area contributed by atoms with E-state index in [0.29, 0.717) is 5.69 Å². The molecule has 7 heteroatoms. The van der Waals surface area contributed by atoms with Gasteiger partial charge in [-0.25, -0.2) is 9.59 Å². The summed E-state index contributed by atoms with van der Waals surface area (Å²) in [5.41, 5.74) is 1.50. The van der Waals surface area contributed by atoms with Gasteiger partial charge in [0, 0.05) is 32.6 Å². The molecular formula is C13H19N3O4. The smallest absolute Gasteiger partial charge is 0.328 e. The molecule has 0 heterocycles. The predicted molar refractivity (Wildman–Crippen MR) is 76.2 cm³/mol. The van der Waals surface area contributed by atoms with Gasteiger partial charge in [0.2, 0.25) is 0 Å². The van der Waals surface area contributed by atoms with Crippen LogP contribution in [-0.4, -0.2) is 51.0 Å². The van der Waals surface area contributed by atoms with Crippen molar-refractivity contribution in [1.82, 2.24) is 5.32 Å². The first-order valence-electron chi connectivity index (χ1n) is 6.00. The molecule has 1 aromatic rings. The minimum atomic E-state index is -1.15. The highest BCUT2D eigenvalue weighted by atomic mass is 16.5. The molecule has 1 atom stereocenters. The highest BCUT2D eigenvalue weighted by Gasteiger charge is 2.19. The highest BCUT2D eigenvalue weighted by molar-refractivity contribution is 5.92. The largest absolute Gasteiger partial charge is 0.480 e. The molecule has 0 spiro atoms. The van der Waals surface area contributed by atoms with Crippen LogP contribution < -0.4 is 15.5 Å². The summed E-state index contributed by atoms with van der Waals surface area (Å²) in [7, 11) is 5.15. The summed E-state index contributed by atoms with van der Waals surface area (Å²) in [5.74, 6) is -1.15. The van der Waals surface area contributed by atoms with Crippen molar-refractivity contribution in [1.29, 1.82) is 0 Å². The van der Waals surface area contributed by atoms with Gasteiger partial charge in [0.25, 0.3) is 0 Å². The third-order valence-corrected chi connectivity index (χ3v) is 2.56. The fourth-order valence-corrected chi connectivity index (χ4v) is 1.53. The monoisotopic (exact) mass is 281 g/mol. The zero-order chi connectivity index (χ0) is 15.1. The Bertz CT molecular complexity index is 476. The standard InChI is InChI=1S/C13H19N3O4/c1-16(2)10-6-4-5-9(7-10)14-13(19)15-11(8-20-3)12(17)18/h4-7,11H,8H2,1-3H3,(H,17,18)(H2,14,15,19). The molecule has 3 N–H and O–H groups in total. The Morgan fingerprint density at radius 1 is 1.40 bits per heavy atom. The normalized spacial score (nSPS) is 11.6. The van der Waals surface area contributed by atoms with Gasteiger partial charge >= 0.3 is 12.0 Å². The van der Waals surface area contributed by atoms with E-state index in [1.165, 1.54) is 7.11 Å². The Balaban J connectivity index is 2.65. The number of carbonyl (C=O) groups is 2. The summed E-state index contributed by atoms with van der Waals surface area (Å²) in [6, 6.07) is 5.52. The number of carboxylic acid groups (broad SMARTS) is 1. The minimum absolute atomic E-state index is 0.0967. The van der Waals surface area contributed by atoms with Crippen LogP contribution in [0.5, 0.6) is 0 Å². The molecule has 1 unspecified atom stereocenters. The van der Waals surface area contributed by atoms with Crippen molar-refractivity contribution in [3.8, 4) is 0 Å². The number of nitrogens with one attached hydrogen (secondary N) is 2. The van der Waals surface area contributed by atoms with E-state index < -0.39 is 18.0 Å². The Morgan fingerprint density at radius 2 is 2.10 bits per heavy atom. The number of nitrogens with zero attached hydrogens (tertiary/aromatic N) is 1. The summed E-state index contributed by atoms with van der Waals surface area (Å²) in [4.78, 5) is 24.5. The highest BCUT2D eigenvalue weighted by Crippen LogP contribution is 2.17. The first-order chi connectivity index (χ1) is 9.43. The van der Waals surface area contributed by atoms with Crippen molar-refractivity contribution in [3.63, 3.8) is 0 Å². The van der Waals surface area contributed by atoms with E-state index >= 15 is 0 Å². The number of carboxylic acids is 1. The van der Waals surface area contributed by atoms with Gasteiger partial charge in [0.15, 0.2) is 6.04 Å². The summed E-state index contributed by atoms with van der Waals surface area (Å²) >= 11 is 0. The van der Waals surface area contributed by atoms with Crippen LogP contribution in [0.15, 0.2) is 24.3 Å². The Labute approximate surface area is 117 Å². The van der Waals surface area contributed by atoms with Gasteiger partial charge in [0.05, 0.1) is 6.61 Å². The van der Waals surface area contributed by atoms with Gasteiger partial charge < -0.3 is 25.4 Å². The van der Waals surface area contributed by atoms with Crippen LogP contribution in [0.3, 0.4) is 0 Å². The quantitative estimate of drug-likeness (QED) is 0.723. The summed E-state index contributed by atoms with van der Waals surface area (Å²) in [6.45, 7) is -0.0967. The molecule has 0 aliphatic carbocycles. The average Bonchev–Trinajstić information content (AvgIpc) is 2.38. The minimum Gasteiger partial charge on any atom is -0.480 e. The molecule has 0 aromatic heterocycles. The van der Waals surface area contributed by atoms with Gasteiger partial charge in [-0.2, -0.15) is 0 Å². The van der Waals surface area contributed by atoms with Crippen LogP contribution in [0.4, 0.5) is 16.2 Å². The van der Waals surface area contributed by atoms with E-state index in [4.69, 9.17) is 9.84 Å². The van der Waals surface area contributed by atoms with Gasteiger partial charge in [-0.1, -0.05) is 6.07 Å². The SMILES string of the molecule is COCC(NC(=O)Nc1cccc(N(C)C)c1)C(=O)O. The van der Waals surface area contributed by atoms with Gasteiger partial charge in [-0.15, -0.1) is 0 Å². The number of rotatable bonds is 6. The fourth-order valence-electron chi connectivity index (χ4n) is 1.53. The summed E-state index contributed by atoms with van der Waals surface area (Å²) in [6.07, 6.45) is 0. The molecule has 1 rings (SSSR count). The van der Waals surface area contributed by atoms with Crippen LogP contribution in [0.25, 0.3) is 0 Å². The second-order valence-corrected chi connectivity index (χ2v) is 4.39. The number of carbonyl (C=O) groups excluding carboxylic acids is 1.